The Balaban J connectivity index is 1.28. The van der Waals surface area contributed by atoms with Crippen LogP contribution in [0.25, 0.3) is 22.3 Å². The first-order chi connectivity index (χ1) is 20.7. The summed E-state index contributed by atoms with van der Waals surface area (Å²) in [5, 5.41) is 18.5. The zero-order valence-corrected chi connectivity index (χ0v) is 24.1. The lowest BCUT2D eigenvalue weighted by Gasteiger charge is -2.27. The molecule has 6 rings (SSSR count). The van der Waals surface area contributed by atoms with Crippen molar-refractivity contribution in [2.75, 3.05) is 12.3 Å². The Morgan fingerprint density at radius 2 is 1.98 bits per heavy atom. The van der Waals surface area contributed by atoms with Gasteiger partial charge in [-0.15, -0.1) is 0 Å². The third-order valence-corrected chi connectivity index (χ3v) is 7.76. The zero-order chi connectivity index (χ0) is 30.1. The number of carbonyl (C=O) groups is 1. The first-order valence-electron chi connectivity index (χ1n) is 14.4. The van der Waals surface area contributed by atoms with Gasteiger partial charge in [0, 0.05) is 29.8 Å². The van der Waals surface area contributed by atoms with E-state index in [2.05, 4.69) is 21.4 Å². The Morgan fingerprint density at radius 3 is 2.70 bits per heavy atom. The Bertz CT molecular complexity index is 1740. The molecule has 1 aliphatic carbocycles. The van der Waals surface area contributed by atoms with Crippen LogP contribution in [0.3, 0.4) is 0 Å². The Labute approximate surface area is 249 Å². The smallest absolute Gasteiger partial charge is 0.264 e. The van der Waals surface area contributed by atoms with E-state index in [1.807, 2.05) is 32.0 Å². The molecule has 1 atom stereocenters. The molecule has 2 aliphatic rings. The summed E-state index contributed by atoms with van der Waals surface area (Å²) < 4.78 is 23.0. The van der Waals surface area contributed by atoms with Gasteiger partial charge < -0.3 is 20.7 Å². The zero-order valence-electron chi connectivity index (χ0n) is 24.1. The van der Waals surface area contributed by atoms with Gasteiger partial charge >= 0.3 is 0 Å². The van der Waals surface area contributed by atoms with Gasteiger partial charge in [0.15, 0.2) is 5.65 Å². The number of benzene rings is 2. The van der Waals surface area contributed by atoms with Crippen LogP contribution in [0.5, 0.6) is 11.5 Å². The van der Waals surface area contributed by atoms with Crippen LogP contribution < -0.4 is 15.8 Å². The fourth-order valence-electron chi connectivity index (χ4n) is 5.67. The van der Waals surface area contributed by atoms with Crippen LogP contribution in [0.1, 0.15) is 39.5 Å². The molecular formula is C32H33FN8O2. The molecule has 1 saturated carbocycles. The van der Waals surface area contributed by atoms with Crippen molar-refractivity contribution in [1.82, 2.24) is 30.0 Å². The monoisotopic (exact) mass is 580 g/mol. The first kappa shape index (κ1) is 28.3. The summed E-state index contributed by atoms with van der Waals surface area (Å²) in [5.74, 6) is 0.274. The van der Waals surface area contributed by atoms with Gasteiger partial charge in [-0.05, 0) is 69.9 Å². The third-order valence-electron chi connectivity index (χ3n) is 7.76. The Morgan fingerprint density at radius 1 is 1.19 bits per heavy atom. The van der Waals surface area contributed by atoms with E-state index in [-0.39, 0.29) is 28.9 Å². The number of aromatic nitrogens is 4. The van der Waals surface area contributed by atoms with E-state index >= 15 is 4.39 Å². The van der Waals surface area contributed by atoms with E-state index in [4.69, 9.17) is 15.6 Å². The number of amides is 1. The number of hydrogen-bond donors (Lipinski definition) is 2. The van der Waals surface area contributed by atoms with Gasteiger partial charge in [0.1, 0.15) is 46.8 Å². The van der Waals surface area contributed by atoms with Crippen LogP contribution >= 0.6 is 0 Å². The molecule has 1 amide bonds. The lowest BCUT2D eigenvalue weighted by Crippen LogP contribution is -2.42. The van der Waals surface area contributed by atoms with Crippen molar-refractivity contribution in [3.8, 4) is 28.8 Å². The topological polar surface area (TPSA) is 135 Å². The highest BCUT2D eigenvalue weighted by molar-refractivity contribution is 5.99. The van der Waals surface area contributed by atoms with Crippen molar-refractivity contribution in [2.45, 2.75) is 63.7 Å². The predicted octanol–water partition coefficient (Wildman–Crippen LogP) is 4.98. The number of likely N-dealkylation sites (tertiary alicyclic amines) is 1. The molecule has 10 nitrogen and oxygen atoms in total. The normalized spacial score (nSPS) is 17.3. The lowest BCUT2D eigenvalue weighted by atomic mass is 10.0. The number of anilines is 1. The molecule has 0 bridgehead atoms. The van der Waals surface area contributed by atoms with E-state index in [1.54, 1.807) is 39.9 Å². The number of nitrogens with two attached hydrogens (primary N) is 1. The van der Waals surface area contributed by atoms with Crippen molar-refractivity contribution in [3.05, 3.63) is 72.3 Å². The van der Waals surface area contributed by atoms with Crippen LogP contribution in [0.2, 0.25) is 0 Å². The summed E-state index contributed by atoms with van der Waals surface area (Å²) in [5.41, 5.74) is 6.87. The van der Waals surface area contributed by atoms with E-state index < -0.39 is 11.4 Å². The number of nitrogens with one attached hydrogen (secondary N) is 1. The highest BCUT2D eigenvalue weighted by Gasteiger charge is 2.34. The molecule has 0 radical (unpaired) electrons. The molecule has 3 heterocycles. The van der Waals surface area contributed by atoms with Crippen LogP contribution in [0, 0.1) is 17.1 Å². The van der Waals surface area contributed by atoms with Crippen LogP contribution in [-0.4, -0.2) is 54.7 Å². The molecule has 2 fully saturated rings. The molecule has 1 saturated heterocycles. The first-order valence-corrected chi connectivity index (χ1v) is 14.4. The number of rotatable bonds is 9. The van der Waals surface area contributed by atoms with Crippen molar-refractivity contribution >= 4 is 22.8 Å². The van der Waals surface area contributed by atoms with E-state index in [0.29, 0.717) is 47.4 Å². The van der Waals surface area contributed by atoms with E-state index in [0.717, 1.165) is 25.7 Å². The third kappa shape index (κ3) is 6.05. The average molecular weight is 581 g/mol. The fourth-order valence-corrected chi connectivity index (χ4v) is 5.67. The SMILES string of the molecule is CC(C)(/C=C(\C#N)C(=O)N1CCC[C@H]1Cn1nc(-c2ccc(Oc3ccccc3)cc2F)c2c(N)ncnc21)NC1CC1. The second kappa shape index (κ2) is 11.5. The summed E-state index contributed by atoms with van der Waals surface area (Å²) in [6.07, 6.45) is 6.79. The molecular weight excluding hydrogens is 547 g/mol. The van der Waals surface area contributed by atoms with Gasteiger partial charge in [0.2, 0.25) is 0 Å². The number of hydrogen-bond acceptors (Lipinski definition) is 8. The van der Waals surface area contributed by atoms with Crippen LogP contribution in [-0.2, 0) is 11.3 Å². The largest absolute Gasteiger partial charge is 0.457 e. The van der Waals surface area contributed by atoms with Crippen molar-refractivity contribution in [3.63, 3.8) is 0 Å². The Kier molecular flexibility index (Phi) is 7.54. The lowest BCUT2D eigenvalue weighted by molar-refractivity contribution is -0.127. The molecule has 1 aliphatic heterocycles. The number of para-hydroxylation sites is 1. The number of nitrogen functional groups attached to an aromatic ring is 1. The van der Waals surface area contributed by atoms with Gasteiger partial charge in [-0.2, -0.15) is 10.4 Å². The predicted molar refractivity (Wildman–Crippen MR) is 160 cm³/mol. The standard InChI is InChI=1S/C32H33FN8O2/c1-32(2,38-21-10-11-21)16-20(17-34)31(42)40-14-6-7-22(40)18-41-30-27(29(35)36-19-37-30)28(39-41)25-13-12-24(15-26(25)33)43-23-8-4-3-5-9-23/h3-5,8-9,12-13,15-16,19,21-22,38H,6-7,10-11,14,18H2,1-2H3,(H2,35,36,37)/b20-16+/t22-/m0/s1. The second-order valence-corrected chi connectivity index (χ2v) is 11.6. The maximum absolute atomic E-state index is 15.5. The molecule has 0 unspecified atom stereocenters. The summed E-state index contributed by atoms with van der Waals surface area (Å²) in [6.45, 7) is 4.77. The molecule has 43 heavy (non-hydrogen) atoms. The van der Waals surface area contributed by atoms with Crippen molar-refractivity contribution in [1.29, 1.82) is 5.26 Å². The highest BCUT2D eigenvalue weighted by Crippen LogP contribution is 2.35. The molecule has 4 aromatic rings. The number of halogens is 1. The number of ether oxygens (including phenoxy) is 1. The van der Waals surface area contributed by atoms with Gasteiger partial charge in [-0.1, -0.05) is 18.2 Å². The molecule has 220 valence electrons. The minimum atomic E-state index is -0.535. The van der Waals surface area contributed by atoms with Gasteiger partial charge in [0.25, 0.3) is 5.91 Å². The van der Waals surface area contributed by atoms with E-state index in [1.165, 1.54) is 12.4 Å². The summed E-state index contributed by atoms with van der Waals surface area (Å²) in [6, 6.07) is 16.0. The number of nitriles is 1. The molecule has 11 heteroatoms. The molecule has 2 aromatic heterocycles. The maximum Gasteiger partial charge on any atom is 0.264 e. The molecule has 2 aromatic carbocycles. The summed E-state index contributed by atoms with van der Waals surface area (Å²) >= 11 is 0. The van der Waals surface area contributed by atoms with Crippen LogP contribution in [0.4, 0.5) is 10.2 Å². The second-order valence-electron chi connectivity index (χ2n) is 11.6. The summed E-state index contributed by atoms with van der Waals surface area (Å²) in [7, 11) is 0. The van der Waals surface area contributed by atoms with Gasteiger partial charge in [-0.25, -0.2) is 19.0 Å². The quantitative estimate of drug-likeness (QED) is 0.209. The molecule has 0 spiro atoms. The number of nitrogens with zero attached hydrogens (tertiary/aromatic N) is 6. The van der Waals surface area contributed by atoms with Crippen molar-refractivity contribution in [2.24, 2.45) is 0 Å². The molecule has 3 N–H and O–H groups in total. The number of fused-ring (bicyclic) bond motifs is 1. The van der Waals surface area contributed by atoms with Crippen molar-refractivity contribution < 1.29 is 13.9 Å². The maximum atomic E-state index is 15.5. The van der Waals surface area contributed by atoms with E-state index in [9.17, 15) is 10.1 Å². The average Bonchev–Trinajstić information content (AvgIpc) is 3.52. The summed E-state index contributed by atoms with van der Waals surface area (Å²) in [4.78, 5) is 23.9. The van der Waals surface area contributed by atoms with Crippen LogP contribution in [0.15, 0.2) is 66.5 Å². The Hall–Kier alpha value is -4.82. The van der Waals surface area contributed by atoms with Gasteiger partial charge in [0.05, 0.1) is 18.0 Å². The minimum absolute atomic E-state index is 0.113. The fraction of sp³-hybridized carbons (Fsp3) is 0.344. The van der Waals surface area contributed by atoms with Gasteiger partial charge in [-0.3, -0.25) is 4.79 Å². The number of carbonyl (C=O) groups excluding carboxylic acids is 1. The minimum Gasteiger partial charge on any atom is -0.457 e. The highest BCUT2D eigenvalue weighted by atomic mass is 19.1.